The van der Waals surface area contributed by atoms with Crippen LogP contribution in [0.3, 0.4) is 0 Å². The second-order valence-electron chi connectivity index (χ2n) is 5.02. The number of aryl methyl sites for hydroxylation is 1. The van der Waals surface area contributed by atoms with Crippen LogP contribution in [0.15, 0.2) is 30.3 Å². The smallest absolute Gasteiger partial charge is 0.223 e. The molecule has 0 radical (unpaired) electrons. The molecule has 0 saturated carbocycles. The van der Waals surface area contributed by atoms with Crippen molar-refractivity contribution < 1.29 is 9.53 Å². The summed E-state index contributed by atoms with van der Waals surface area (Å²) in [6.45, 7) is 5.43. The topological polar surface area (TPSA) is 29.5 Å². The Bertz CT molecular complexity index is 391. The van der Waals surface area contributed by atoms with Crippen molar-refractivity contribution in [2.45, 2.75) is 38.8 Å². The minimum atomic E-state index is 0.155. The quantitative estimate of drug-likeness (QED) is 0.820. The van der Waals surface area contributed by atoms with E-state index in [-0.39, 0.29) is 18.1 Å². The van der Waals surface area contributed by atoms with Gasteiger partial charge >= 0.3 is 0 Å². The van der Waals surface area contributed by atoms with Gasteiger partial charge in [0.25, 0.3) is 0 Å². The van der Waals surface area contributed by atoms with Gasteiger partial charge in [0.15, 0.2) is 0 Å². The molecule has 0 N–H and O–H groups in total. The first-order chi connectivity index (χ1) is 8.66. The van der Waals surface area contributed by atoms with Crippen molar-refractivity contribution in [2.75, 3.05) is 13.2 Å². The molecule has 18 heavy (non-hydrogen) atoms. The lowest BCUT2D eigenvalue weighted by molar-refractivity contribution is -0.143. The molecule has 3 nitrogen and oxygen atoms in total. The number of rotatable bonds is 3. The molecule has 1 saturated heterocycles. The van der Waals surface area contributed by atoms with Crippen LogP contribution in [0.5, 0.6) is 0 Å². The number of carbonyl (C=O) groups is 1. The van der Waals surface area contributed by atoms with Gasteiger partial charge in [0.1, 0.15) is 0 Å². The highest BCUT2D eigenvalue weighted by Gasteiger charge is 2.26. The number of carbonyl (C=O) groups excluding carboxylic acids is 1. The van der Waals surface area contributed by atoms with E-state index in [1.807, 2.05) is 36.9 Å². The second-order valence-corrected chi connectivity index (χ2v) is 5.02. The van der Waals surface area contributed by atoms with Crippen LogP contribution >= 0.6 is 0 Å². The number of morpholine rings is 1. The number of benzene rings is 1. The van der Waals surface area contributed by atoms with Gasteiger partial charge in [-0.15, -0.1) is 0 Å². The molecule has 3 heteroatoms. The standard InChI is InChI=1S/C15H21NO2/c1-12-11-18-13(2)10-16(12)15(17)9-8-14-6-4-3-5-7-14/h3-7,12-13H,8-11H2,1-2H3/t12-,13-/m1/s1. The Kier molecular flexibility index (Phi) is 4.37. The summed E-state index contributed by atoms with van der Waals surface area (Å²) in [7, 11) is 0. The average molecular weight is 247 g/mol. The summed E-state index contributed by atoms with van der Waals surface area (Å²) in [6, 6.07) is 10.4. The third-order valence-electron chi connectivity index (χ3n) is 3.40. The number of ether oxygens (including phenoxy) is 1. The van der Waals surface area contributed by atoms with Crippen molar-refractivity contribution in [1.29, 1.82) is 0 Å². The predicted octanol–water partition coefficient (Wildman–Crippen LogP) is 2.25. The van der Waals surface area contributed by atoms with Crippen LogP contribution in [0.25, 0.3) is 0 Å². The van der Waals surface area contributed by atoms with E-state index in [9.17, 15) is 4.79 Å². The molecule has 1 aliphatic rings. The van der Waals surface area contributed by atoms with E-state index < -0.39 is 0 Å². The Labute approximate surface area is 109 Å². The zero-order valence-electron chi connectivity index (χ0n) is 11.1. The summed E-state index contributed by atoms with van der Waals surface area (Å²) in [4.78, 5) is 14.2. The van der Waals surface area contributed by atoms with E-state index in [2.05, 4.69) is 12.1 Å². The molecular formula is C15H21NO2. The normalized spacial score (nSPS) is 24.0. The summed E-state index contributed by atoms with van der Waals surface area (Å²) in [5.74, 6) is 0.238. The Hall–Kier alpha value is -1.35. The lowest BCUT2D eigenvalue weighted by Crippen LogP contribution is -2.50. The highest BCUT2D eigenvalue weighted by Crippen LogP contribution is 2.14. The highest BCUT2D eigenvalue weighted by atomic mass is 16.5. The van der Waals surface area contributed by atoms with Gasteiger partial charge in [-0.2, -0.15) is 0 Å². The molecule has 1 aromatic carbocycles. The van der Waals surface area contributed by atoms with Gasteiger partial charge in [-0.25, -0.2) is 0 Å². The van der Waals surface area contributed by atoms with Crippen LogP contribution in [0.4, 0.5) is 0 Å². The van der Waals surface area contributed by atoms with Crippen LogP contribution in [-0.4, -0.2) is 36.1 Å². The van der Waals surface area contributed by atoms with E-state index in [1.54, 1.807) is 0 Å². The summed E-state index contributed by atoms with van der Waals surface area (Å²) < 4.78 is 5.54. The minimum Gasteiger partial charge on any atom is -0.375 e. The monoisotopic (exact) mass is 247 g/mol. The maximum atomic E-state index is 12.2. The van der Waals surface area contributed by atoms with Gasteiger partial charge in [-0.05, 0) is 25.8 Å². The van der Waals surface area contributed by atoms with Crippen LogP contribution in [-0.2, 0) is 16.0 Å². The molecule has 2 rings (SSSR count). The van der Waals surface area contributed by atoms with Gasteiger partial charge in [0.2, 0.25) is 5.91 Å². The average Bonchev–Trinajstić information content (AvgIpc) is 2.40. The third-order valence-corrected chi connectivity index (χ3v) is 3.40. The van der Waals surface area contributed by atoms with Crippen molar-refractivity contribution in [3.8, 4) is 0 Å². The molecule has 1 aromatic rings. The first-order valence-electron chi connectivity index (χ1n) is 6.62. The zero-order chi connectivity index (χ0) is 13.0. The van der Waals surface area contributed by atoms with Crippen molar-refractivity contribution >= 4 is 5.91 Å². The highest BCUT2D eigenvalue weighted by molar-refractivity contribution is 5.77. The first kappa shape index (κ1) is 13.1. The lowest BCUT2D eigenvalue weighted by Gasteiger charge is -2.36. The molecule has 0 bridgehead atoms. The van der Waals surface area contributed by atoms with Crippen LogP contribution in [0.2, 0.25) is 0 Å². The molecule has 1 heterocycles. The van der Waals surface area contributed by atoms with Gasteiger partial charge < -0.3 is 9.64 Å². The summed E-state index contributed by atoms with van der Waals surface area (Å²) >= 11 is 0. The molecule has 0 unspecified atom stereocenters. The fourth-order valence-electron chi connectivity index (χ4n) is 2.29. The van der Waals surface area contributed by atoms with Crippen LogP contribution in [0.1, 0.15) is 25.8 Å². The third kappa shape index (κ3) is 3.33. The minimum absolute atomic E-state index is 0.155. The van der Waals surface area contributed by atoms with Gasteiger partial charge in [0, 0.05) is 13.0 Å². The van der Waals surface area contributed by atoms with E-state index in [4.69, 9.17) is 4.74 Å². The largest absolute Gasteiger partial charge is 0.375 e. The Morgan fingerprint density at radius 3 is 2.78 bits per heavy atom. The van der Waals surface area contributed by atoms with Crippen molar-refractivity contribution in [3.63, 3.8) is 0 Å². The molecule has 0 aromatic heterocycles. The fourth-order valence-corrected chi connectivity index (χ4v) is 2.29. The summed E-state index contributed by atoms with van der Waals surface area (Å²) in [5, 5.41) is 0. The predicted molar refractivity (Wildman–Crippen MR) is 71.4 cm³/mol. The first-order valence-corrected chi connectivity index (χ1v) is 6.62. The summed E-state index contributed by atoms with van der Waals surface area (Å²) in [6.07, 6.45) is 1.56. The molecule has 0 aliphatic carbocycles. The van der Waals surface area contributed by atoms with Crippen molar-refractivity contribution in [2.24, 2.45) is 0 Å². The number of nitrogens with zero attached hydrogens (tertiary/aromatic N) is 1. The maximum Gasteiger partial charge on any atom is 0.223 e. The zero-order valence-corrected chi connectivity index (χ0v) is 11.1. The molecular weight excluding hydrogens is 226 g/mol. The molecule has 1 fully saturated rings. The number of hydrogen-bond acceptors (Lipinski definition) is 2. The summed E-state index contributed by atoms with van der Waals surface area (Å²) in [5.41, 5.74) is 1.22. The van der Waals surface area contributed by atoms with E-state index in [0.717, 1.165) is 13.0 Å². The van der Waals surface area contributed by atoms with Crippen LogP contribution < -0.4 is 0 Å². The molecule has 2 atom stereocenters. The molecule has 0 spiro atoms. The SMILES string of the molecule is C[C@@H]1CN(C(=O)CCc2ccccc2)[C@H](C)CO1. The fraction of sp³-hybridized carbons (Fsp3) is 0.533. The number of hydrogen-bond donors (Lipinski definition) is 0. The Morgan fingerprint density at radius 1 is 1.33 bits per heavy atom. The van der Waals surface area contributed by atoms with Crippen molar-refractivity contribution in [3.05, 3.63) is 35.9 Å². The van der Waals surface area contributed by atoms with Gasteiger partial charge in [-0.3, -0.25) is 4.79 Å². The van der Waals surface area contributed by atoms with Crippen molar-refractivity contribution in [1.82, 2.24) is 4.90 Å². The Morgan fingerprint density at radius 2 is 2.06 bits per heavy atom. The Balaban J connectivity index is 1.87. The molecule has 1 amide bonds. The second kappa shape index (κ2) is 6.01. The molecule has 1 aliphatic heterocycles. The van der Waals surface area contributed by atoms with Gasteiger partial charge in [-0.1, -0.05) is 30.3 Å². The number of amides is 1. The van der Waals surface area contributed by atoms with E-state index >= 15 is 0 Å². The maximum absolute atomic E-state index is 12.2. The lowest BCUT2D eigenvalue weighted by atomic mass is 10.1. The van der Waals surface area contributed by atoms with Crippen LogP contribution in [0, 0.1) is 0 Å². The van der Waals surface area contributed by atoms with Gasteiger partial charge in [0.05, 0.1) is 18.8 Å². The van der Waals surface area contributed by atoms with E-state index in [0.29, 0.717) is 13.0 Å². The van der Waals surface area contributed by atoms with E-state index in [1.165, 1.54) is 5.56 Å². The molecule has 98 valence electrons.